The third kappa shape index (κ3) is 7.28. The lowest BCUT2D eigenvalue weighted by Gasteiger charge is -2.14. The second-order valence-electron chi connectivity index (χ2n) is 4.73. The van der Waals surface area contributed by atoms with E-state index in [0.717, 1.165) is 24.8 Å². The lowest BCUT2D eigenvalue weighted by molar-refractivity contribution is 0.195. The van der Waals surface area contributed by atoms with E-state index in [1.807, 2.05) is 12.1 Å². The largest absolute Gasteiger partial charge is 0.385 e. The average molecular weight is 328 g/mol. The highest BCUT2D eigenvalue weighted by molar-refractivity contribution is 7.92. The van der Waals surface area contributed by atoms with E-state index in [4.69, 9.17) is 4.74 Å². The number of nitrogens with one attached hydrogen (secondary N) is 3. The lowest BCUT2D eigenvalue weighted by Crippen LogP contribution is -2.37. The molecule has 0 radical (unpaired) electrons. The van der Waals surface area contributed by atoms with Crippen LogP contribution in [-0.4, -0.2) is 47.9 Å². The van der Waals surface area contributed by atoms with Gasteiger partial charge in [-0.3, -0.25) is 9.71 Å². The van der Waals surface area contributed by atoms with Crippen molar-refractivity contribution in [2.24, 2.45) is 4.99 Å². The Balaban J connectivity index is 2.59. The summed E-state index contributed by atoms with van der Waals surface area (Å²) in [5.41, 5.74) is 1.40. The fourth-order valence-electron chi connectivity index (χ4n) is 1.80. The van der Waals surface area contributed by atoms with E-state index in [0.29, 0.717) is 24.8 Å². The topological polar surface area (TPSA) is 91.8 Å². The number of para-hydroxylation sites is 1. The Hall–Kier alpha value is -1.80. The van der Waals surface area contributed by atoms with Gasteiger partial charge >= 0.3 is 0 Å². The summed E-state index contributed by atoms with van der Waals surface area (Å²) in [5.74, 6) is 0.658. The van der Waals surface area contributed by atoms with Gasteiger partial charge in [-0.25, -0.2) is 8.42 Å². The van der Waals surface area contributed by atoms with Crippen molar-refractivity contribution < 1.29 is 13.2 Å². The number of aliphatic imine (C=N–C) groups is 1. The van der Waals surface area contributed by atoms with E-state index in [9.17, 15) is 8.42 Å². The summed E-state index contributed by atoms with van der Waals surface area (Å²) >= 11 is 0. The number of ether oxygens (including phenoxy) is 1. The fourth-order valence-corrected chi connectivity index (χ4v) is 2.40. The molecule has 0 aliphatic heterocycles. The molecule has 0 amide bonds. The van der Waals surface area contributed by atoms with E-state index < -0.39 is 10.0 Å². The molecule has 0 aromatic heterocycles. The van der Waals surface area contributed by atoms with Crippen LogP contribution in [0.15, 0.2) is 29.3 Å². The number of guanidine groups is 1. The minimum atomic E-state index is -3.30. The van der Waals surface area contributed by atoms with E-state index in [-0.39, 0.29) is 0 Å². The lowest BCUT2D eigenvalue weighted by atomic mass is 10.2. The molecule has 0 heterocycles. The van der Waals surface area contributed by atoms with Gasteiger partial charge in [-0.15, -0.1) is 0 Å². The molecule has 3 N–H and O–H groups in total. The van der Waals surface area contributed by atoms with Crippen LogP contribution >= 0.6 is 0 Å². The molecule has 0 saturated carbocycles. The Morgan fingerprint density at radius 2 is 2.00 bits per heavy atom. The maximum atomic E-state index is 11.4. The zero-order valence-corrected chi connectivity index (χ0v) is 14.0. The Kier molecular flexibility index (Phi) is 7.69. The van der Waals surface area contributed by atoms with Crippen molar-refractivity contribution in [2.75, 3.05) is 38.3 Å². The van der Waals surface area contributed by atoms with Crippen molar-refractivity contribution in [2.45, 2.75) is 13.0 Å². The van der Waals surface area contributed by atoms with Crippen LogP contribution in [-0.2, 0) is 21.3 Å². The molecular weight excluding hydrogens is 304 g/mol. The van der Waals surface area contributed by atoms with Gasteiger partial charge < -0.3 is 15.4 Å². The molecule has 1 aromatic carbocycles. The highest BCUT2D eigenvalue weighted by Crippen LogP contribution is 2.15. The van der Waals surface area contributed by atoms with Crippen molar-refractivity contribution in [3.63, 3.8) is 0 Å². The quantitative estimate of drug-likeness (QED) is 0.372. The number of hydrogen-bond donors (Lipinski definition) is 3. The van der Waals surface area contributed by atoms with Gasteiger partial charge in [0.2, 0.25) is 10.0 Å². The Labute approximate surface area is 132 Å². The summed E-state index contributed by atoms with van der Waals surface area (Å²) in [6.45, 7) is 1.89. The molecule has 7 nitrogen and oxygen atoms in total. The molecule has 0 aliphatic carbocycles. The molecule has 8 heteroatoms. The van der Waals surface area contributed by atoms with Crippen LogP contribution in [0.5, 0.6) is 0 Å². The van der Waals surface area contributed by atoms with Crippen molar-refractivity contribution in [3.8, 4) is 0 Å². The molecule has 0 fully saturated rings. The van der Waals surface area contributed by atoms with Crippen molar-refractivity contribution >= 4 is 21.7 Å². The standard InChI is InChI=1S/C14H24N4O3S/c1-15-14(16-9-6-10-21-2)17-11-12-7-4-5-8-13(12)18-22(3,19)20/h4-5,7-8,18H,6,9-11H2,1-3H3,(H2,15,16,17). The molecule has 124 valence electrons. The summed E-state index contributed by atoms with van der Waals surface area (Å²) in [4.78, 5) is 4.12. The zero-order chi connectivity index (χ0) is 16.4. The van der Waals surface area contributed by atoms with Crippen molar-refractivity contribution in [1.29, 1.82) is 0 Å². The molecule has 22 heavy (non-hydrogen) atoms. The molecule has 0 spiro atoms. The summed E-state index contributed by atoms with van der Waals surface area (Å²) in [6.07, 6.45) is 2.01. The van der Waals surface area contributed by atoms with Crippen LogP contribution in [0.1, 0.15) is 12.0 Å². The van der Waals surface area contributed by atoms with E-state index in [1.54, 1.807) is 26.3 Å². The highest BCUT2D eigenvalue weighted by atomic mass is 32.2. The molecule has 1 rings (SSSR count). The molecule has 1 aromatic rings. The van der Waals surface area contributed by atoms with Gasteiger partial charge in [0.25, 0.3) is 0 Å². The molecule has 0 unspecified atom stereocenters. The number of hydrogen-bond acceptors (Lipinski definition) is 4. The second kappa shape index (κ2) is 9.26. The fraction of sp³-hybridized carbons (Fsp3) is 0.500. The number of methoxy groups -OCH3 is 1. The van der Waals surface area contributed by atoms with Crippen LogP contribution in [0.3, 0.4) is 0 Å². The number of rotatable bonds is 8. The molecule has 0 aliphatic rings. The number of nitrogens with zero attached hydrogens (tertiary/aromatic N) is 1. The maximum absolute atomic E-state index is 11.4. The van der Waals surface area contributed by atoms with E-state index in [2.05, 4.69) is 20.3 Å². The van der Waals surface area contributed by atoms with Crippen LogP contribution < -0.4 is 15.4 Å². The summed E-state index contributed by atoms with van der Waals surface area (Å²) in [5, 5.41) is 6.31. The van der Waals surface area contributed by atoms with E-state index in [1.165, 1.54) is 0 Å². The third-order valence-electron chi connectivity index (χ3n) is 2.80. The predicted octanol–water partition coefficient (Wildman–Crippen LogP) is 0.760. The Morgan fingerprint density at radius 1 is 1.27 bits per heavy atom. The van der Waals surface area contributed by atoms with Crippen LogP contribution in [0.2, 0.25) is 0 Å². The van der Waals surface area contributed by atoms with Crippen molar-refractivity contribution in [1.82, 2.24) is 10.6 Å². The summed E-state index contributed by atoms with van der Waals surface area (Å²) < 4.78 is 30.2. The van der Waals surface area contributed by atoms with Crippen LogP contribution in [0, 0.1) is 0 Å². The number of benzene rings is 1. The predicted molar refractivity (Wildman–Crippen MR) is 89.6 cm³/mol. The third-order valence-corrected chi connectivity index (χ3v) is 3.39. The highest BCUT2D eigenvalue weighted by Gasteiger charge is 2.07. The first-order valence-corrected chi connectivity index (χ1v) is 8.84. The Morgan fingerprint density at radius 3 is 2.64 bits per heavy atom. The molecule has 0 bridgehead atoms. The van der Waals surface area contributed by atoms with E-state index >= 15 is 0 Å². The van der Waals surface area contributed by atoms with Gasteiger partial charge in [0.1, 0.15) is 0 Å². The van der Waals surface area contributed by atoms with Gasteiger partial charge in [-0.05, 0) is 18.1 Å². The molecule has 0 atom stereocenters. The van der Waals surface area contributed by atoms with Gasteiger partial charge in [-0.2, -0.15) is 0 Å². The van der Waals surface area contributed by atoms with Gasteiger partial charge in [-0.1, -0.05) is 18.2 Å². The summed E-state index contributed by atoms with van der Waals surface area (Å²) in [6, 6.07) is 7.24. The minimum absolute atomic E-state index is 0.461. The average Bonchev–Trinajstić information content (AvgIpc) is 2.46. The van der Waals surface area contributed by atoms with Gasteiger partial charge in [0.15, 0.2) is 5.96 Å². The van der Waals surface area contributed by atoms with Crippen molar-refractivity contribution in [3.05, 3.63) is 29.8 Å². The Bertz CT molecular complexity index is 588. The SMILES string of the molecule is CN=C(NCCCOC)NCc1ccccc1NS(C)(=O)=O. The normalized spacial score (nSPS) is 12.0. The van der Waals surface area contributed by atoms with Gasteiger partial charge in [0, 0.05) is 33.9 Å². The number of sulfonamides is 1. The first-order valence-electron chi connectivity index (χ1n) is 6.95. The van der Waals surface area contributed by atoms with Crippen LogP contribution in [0.4, 0.5) is 5.69 Å². The van der Waals surface area contributed by atoms with Gasteiger partial charge in [0.05, 0.1) is 11.9 Å². The molecule has 0 saturated heterocycles. The second-order valence-corrected chi connectivity index (χ2v) is 6.48. The smallest absolute Gasteiger partial charge is 0.229 e. The summed E-state index contributed by atoms with van der Waals surface area (Å²) in [7, 11) is 0.0504. The maximum Gasteiger partial charge on any atom is 0.229 e. The first-order chi connectivity index (χ1) is 10.5. The minimum Gasteiger partial charge on any atom is -0.385 e. The van der Waals surface area contributed by atoms with Crippen LogP contribution in [0.25, 0.3) is 0 Å². The zero-order valence-electron chi connectivity index (χ0n) is 13.2. The number of anilines is 1. The first kappa shape index (κ1) is 18.2. The molecular formula is C14H24N4O3S. The monoisotopic (exact) mass is 328 g/mol.